The van der Waals surface area contributed by atoms with E-state index in [1.54, 1.807) is 13.8 Å². The van der Waals surface area contributed by atoms with Crippen LogP contribution in [0.15, 0.2) is 12.2 Å². The molecule has 5 heteroatoms. The summed E-state index contributed by atoms with van der Waals surface area (Å²) in [7, 11) is 3.84. The zero-order chi connectivity index (χ0) is 25.0. The first-order chi connectivity index (χ1) is 15.6. The van der Waals surface area contributed by atoms with Crippen molar-refractivity contribution in [2.24, 2.45) is 0 Å². The van der Waals surface area contributed by atoms with E-state index in [0.717, 1.165) is 32.2 Å². The molecule has 0 aliphatic carbocycles. The summed E-state index contributed by atoms with van der Waals surface area (Å²) in [5.41, 5.74) is -0.924. The number of nitrogens with zero attached hydrogens (tertiary/aromatic N) is 1. The van der Waals surface area contributed by atoms with Crippen molar-refractivity contribution in [1.82, 2.24) is 5.32 Å². The van der Waals surface area contributed by atoms with Crippen LogP contribution >= 0.6 is 0 Å². The van der Waals surface area contributed by atoms with Crippen LogP contribution in [0.1, 0.15) is 124 Å². The topological polar surface area (TPSA) is 69.2 Å². The molecule has 5 nitrogen and oxygen atoms in total. The van der Waals surface area contributed by atoms with Gasteiger partial charge in [0.1, 0.15) is 11.5 Å². The number of carbonyl (C=O) groups excluding carboxylic acids is 2. The van der Waals surface area contributed by atoms with Crippen LogP contribution in [0.3, 0.4) is 0 Å². The van der Waals surface area contributed by atoms with E-state index < -0.39 is 11.5 Å². The number of quaternary nitrogens is 1. The van der Waals surface area contributed by atoms with Crippen molar-refractivity contribution in [3.63, 3.8) is 0 Å². The van der Waals surface area contributed by atoms with Gasteiger partial charge in [0.2, 0.25) is 5.91 Å². The van der Waals surface area contributed by atoms with Gasteiger partial charge in [0.05, 0.1) is 20.6 Å². The van der Waals surface area contributed by atoms with Gasteiger partial charge in [0, 0.05) is 13.0 Å². The van der Waals surface area contributed by atoms with Gasteiger partial charge in [-0.1, -0.05) is 70.4 Å². The van der Waals surface area contributed by atoms with Crippen molar-refractivity contribution < 1.29 is 19.2 Å². The average molecular weight is 467 g/mol. The number of aliphatic carboxylic acids is 1. The van der Waals surface area contributed by atoms with Gasteiger partial charge in [-0.2, -0.15) is 0 Å². The van der Waals surface area contributed by atoms with E-state index >= 15 is 0 Å². The zero-order valence-corrected chi connectivity index (χ0v) is 22.6. The number of rotatable bonds is 22. The molecular weight excluding hydrogens is 412 g/mol. The molecule has 0 rings (SSSR count). The van der Waals surface area contributed by atoms with Crippen molar-refractivity contribution in [3.8, 4) is 0 Å². The summed E-state index contributed by atoms with van der Waals surface area (Å²) in [5.74, 6) is -0.891. The largest absolute Gasteiger partial charge is 0.544 e. The van der Waals surface area contributed by atoms with Gasteiger partial charge in [-0.15, -0.1) is 0 Å². The molecule has 0 aliphatic heterocycles. The third kappa shape index (κ3) is 16.0. The Bertz CT molecular complexity index is 541. The maximum atomic E-state index is 12.0. The molecule has 0 heterocycles. The molecule has 0 spiro atoms. The van der Waals surface area contributed by atoms with E-state index in [9.17, 15) is 14.7 Å². The smallest absolute Gasteiger partial charge is 0.219 e. The Morgan fingerprint density at radius 2 is 1.30 bits per heavy atom. The van der Waals surface area contributed by atoms with Gasteiger partial charge in [-0.05, 0) is 58.8 Å². The fraction of sp³-hybridized carbons (Fsp3) is 0.857. The average Bonchev–Trinajstić information content (AvgIpc) is 2.75. The molecule has 0 atom stereocenters. The number of unbranched alkanes of at least 4 members (excludes halogenated alkanes) is 12. The number of carboxylic acid groups (broad SMARTS) is 1. The molecule has 0 aromatic carbocycles. The van der Waals surface area contributed by atoms with Crippen LogP contribution in [0.2, 0.25) is 0 Å². The molecule has 33 heavy (non-hydrogen) atoms. The number of hydrogen-bond donors (Lipinski definition) is 1. The predicted molar refractivity (Wildman–Crippen MR) is 138 cm³/mol. The standard InChI is InChI=1S/C28H54N2O3/c1-6-7-8-9-10-11-12-13-14-15-16-17-18-19-20-23-26(31)29-24-21-22-25-30(4,5)28(2,3)27(32)33/h13-14H,6-12,15-25H2,1-5H3,(H-,29,31,32,33)/b14-13-. The molecule has 0 radical (unpaired) electrons. The van der Waals surface area contributed by atoms with Gasteiger partial charge in [0.25, 0.3) is 0 Å². The molecule has 0 aliphatic rings. The lowest BCUT2D eigenvalue weighted by Crippen LogP contribution is -2.64. The Kier molecular flexibility index (Phi) is 18.2. The van der Waals surface area contributed by atoms with Gasteiger partial charge < -0.3 is 19.7 Å². The van der Waals surface area contributed by atoms with Gasteiger partial charge >= 0.3 is 0 Å². The molecule has 194 valence electrons. The van der Waals surface area contributed by atoms with Crippen LogP contribution in [-0.2, 0) is 9.59 Å². The molecule has 0 saturated carbocycles. The second-order valence-electron chi connectivity index (χ2n) is 10.6. The SMILES string of the molecule is CCCCCCCC/C=C\CCCCCCCC(=O)NCCCC[N+](C)(C)C(C)(C)C(=O)[O-]. The first-order valence-electron chi connectivity index (χ1n) is 13.6. The second-order valence-corrected chi connectivity index (χ2v) is 10.6. The fourth-order valence-corrected chi connectivity index (χ4v) is 3.83. The summed E-state index contributed by atoms with van der Waals surface area (Å²) < 4.78 is 0.373. The number of amides is 1. The maximum Gasteiger partial charge on any atom is 0.219 e. The summed E-state index contributed by atoms with van der Waals surface area (Å²) in [6, 6.07) is 0. The molecule has 1 N–H and O–H groups in total. The van der Waals surface area contributed by atoms with E-state index in [0.29, 0.717) is 17.4 Å². The van der Waals surface area contributed by atoms with Crippen LogP contribution in [0.5, 0.6) is 0 Å². The molecule has 0 bridgehead atoms. The quantitative estimate of drug-likeness (QED) is 0.130. The normalized spacial score (nSPS) is 12.4. The van der Waals surface area contributed by atoms with Crippen molar-refractivity contribution >= 4 is 11.9 Å². The Morgan fingerprint density at radius 3 is 1.85 bits per heavy atom. The predicted octanol–water partition coefficient (Wildman–Crippen LogP) is 5.53. The van der Waals surface area contributed by atoms with Crippen LogP contribution in [0, 0.1) is 0 Å². The number of carbonyl (C=O) groups is 2. The number of nitrogens with one attached hydrogen (secondary N) is 1. The highest BCUT2D eigenvalue weighted by Crippen LogP contribution is 2.20. The van der Waals surface area contributed by atoms with E-state index in [2.05, 4.69) is 24.4 Å². The van der Waals surface area contributed by atoms with E-state index in [1.165, 1.54) is 70.6 Å². The van der Waals surface area contributed by atoms with Gasteiger partial charge in [-0.25, -0.2) is 0 Å². The molecule has 1 amide bonds. The summed E-state index contributed by atoms with van der Waals surface area (Å²) in [6.07, 6.45) is 23.5. The first-order valence-corrected chi connectivity index (χ1v) is 13.6. The number of carboxylic acids is 1. The summed E-state index contributed by atoms with van der Waals surface area (Å²) >= 11 is 0. The molecule has 0 fully saturated rings. The minimum atomic E-state index is -1.03. The van der Waals surface area contributed by atoms with Crippen molar-refractivity contribution in [1.29, 1.82) is 0 Å². The second kappa shape index (κ2) is 19.0. The maximum absolute atomic E-state index is 12.0. The van der Waals surface area contributed by atoms with Crippen molar-refractivity contribution in [2.45, 2.75) is 129 Å². The number of allylic oxidation sites excluding steroid dienone is 2. The Balaban J connectivity index is 3.53. The molecule has 0 saturated heterocycles. The lowest BCUT2D eigenvalue weighted by molar-refractivity contribution is -0.930. The van der Waals surface area contributed by atoms with Crippen LogP contribution in [0.25, 0.3) is 0 Å². The van der Waals surface area contributed by atoms with Crippen LogP contribution in [0.4, 0.5) is 0 Å². The summed E-state index contributed by atoms with van der Waals surface area (Å²) in [4.78, 5) is 23.3. The minimum absolute atomic E-state index is 0.136. The highest BCUT2D eigenvalue weighted by molar-refractivity contribution is 5.75. The molecule has 0 unspecified atom stereocenters. The Morgan fingerprint density at radius 1 is 0.788 bits per heavy atom. The molecule has 0 aromatic heterocycles. The first kappa shape index (κ1) is 31.6. The minimum Gasteiger partial charge on any atom is -0.544 e. The lowest BCUT2D eigenvalue weighted by Gasteiger charge is -2.45. The molecule has 0 aromatic rings. The van der Waals surface area contributed by atoms with Gasteiger partial charge in [-0.3, -0.25) is 4.79 Å². The number of hydrogen-bond acceptors (Lipinski definition) is 3. The third-order valence-corrected chi connectivity index (χ3v) is 7.14. The number of likely N-dealkylation sites (N-methyl/N-ethyl adjacent to an activating group) is 1. The third-order valence-electron chi connectivity index (χ3n) is 7.14. The van der Waals surface area contributed by atoms with Crippen LogP contribution < -0.4 is 10.4 Å². The Labute approximate surface area is 205 Å². The van der Waals surface area contributed by atoms with Gasteiger partial charge in [0.15, 0.2) is 0 Å². The van der Waals surface area contributed by atoms with E-state index in [-0.39, 0.29) is 5.91 Å². The highest BCUT2D eigenvalue weighted by atomic mass is 16.4. The van der Waals surface area contributed by atoms with E-state index in [4.69, 9.17) is 0 Å². The highest BCUT2D eigenvalue weighted by Gasteiger charge is 2.37. The monoisotopic (exact) mass is 466 g/mol. The van der Waals surface area contributed by atoms with Crippen LogP contribution in [-0.4, -0.2) is 49.1 Å². The summed E-state index contributed by atoms with van der Waals surface area (Å²) in [5, 5.41) is 14.3. The fourth-order valence-electron chi connectivity index (χ4n) is 3.83. The van der Waals surface area contributed by atoms with Crippen molar-refractivity contribution in [3.05, 3.63) is 12.2 Å². The Hall–Kier alpha value is -1.36. The molecular formula is C28H54N2O3. The van der Waals surface area contributed by atoms with E-state index in [1.807, 2.05) is 14.1 Å². The summed E-state index contributed by atoms with van der Waals surface area (Å²) in [6.45, 7) is 7.08. The van der Waals surface area contributed by atoms with Crippen molar-refractivity contribution in [2.75, 3.05) is 27.2 Å². The lowest BCUT2D eigenvalue weighted by atomic mass is 10.00. The zero-order valence-electron chi connectivity index (χ0n) is 22.6.